The molecule has 110 valence electrons. The van der Waals surface area contributed by atoms with Crippen LogP contribution in [0.1, 0.15) is 44.2 Å². The van der Waals surface area contributed by atoms with Crippen LogP contribution in [0.4, 0.5) is 4.39 Å². The van der Waals surface area contributed by atoms with Gasteiger partial charge in [0, 0.05) is 36.3 Å². The van der Waals surface area contributed by atoms with Gasteiger partial charge in [-0.1, -0.05) is 12.5 Å². The first-order valence-electron chi connectivity index (χ1n) is 7.63. The van der Waals surface area contributed by atoms with E-state index in [0.29, 0.717) is 17.6 Å². The maximum atomic E-state index is 13.9. The summed E-state index contributed by atoms with van der Waals surface area (Å²) < 4.78 is 13.9. The van der Waals surface area contributed by atoms with Crippen molar-refractivity contribution in [2.24, 2.45) is 0 Å². The van der Waals surface area contributed by atoms with E-state index in [1.165, 1.54) is 31.9 Å². The lowest BCUT2D eigenvalue weighted by Crippen LogP contribution is -2.45. The average molecular weight is 278 g/mol. The van der Waals surface area contributed by atoms with E-state index in [1.807, 2.05) is 6.92 Å². The lowest BCUT2D eigenvalue weighted by molar-refractivity contribution is 0.177. The molecule has 3 unspecified atom stereocenters. The maximum Gasteiger partial charge on any atom is 0.131 e. The van der Waals surface area contributed by atoms with Crippen molar-refractivity contribution >= 4 is 0 Å². The molecule has 2 aliphatic heterocycles. The number of nitrogens with one attached hydrogen (secondary N) is 1. The smallest absolute Gasteiger partial charge is 0.131 e. The highest BCUT2D eigenvalue weighted by Gasteiger charge is 2.36. The van der Waals surface area contributed by atoms with Gasteiger partial charge in [0.2, 0.25) is 0 Å². The minimum Gasteiger partial charge on any atom is -0.508 e. The number of benzene rings is 1. The predicted molar refractivity (Wildman–Crippen MR) is 77.2 cm³/mol. The third-order valence-electron chi connectivity index (χ3n) is 4.77. The first-order chi connectivity index (χ1) is 9.65. The van der Waals surface area contributed by atoms with Crippen molar-refractivity contribution in [3.05, 3.63) is 29.6 Å². The number of hydrogen-bond acceptors (Lipinski definition) is 3. The Morgan fingerprint density at radius 1 is 1.30 bits per heavy atom. The second-order valence-corrected chi connectivity index (χ2v) is 6.09. The second kappa shape index (κ2) is 5.70. The molecule has 0 aliphatic carbocycles. The monoisotopic (exact) mass is 278 g/mol. The molecular weight excluding hydrogens is 255 g/mol. The first kappa shape index (κ1) is 13.8. The minimum atomic E-state index is -0.330. The average Bonchev–Trinajstić information content (AvgIpc) is 2.82. The van der Waals surface area contributed by atoms with Crippen LogP contribution in [0.5, 0.6) is 5.75 Å². The van der Waals surface area contributed by atoms with E-state index in [-0.39, 0.29) is 17.6 Å². The Bertz CT molecular complexity index is 480. The highest BCUT2D eigenvalue weighted by atomic mass is 19.1. The molecule has 0 radical (unpaired) electrons. The first-order valence-corrected chi connectivity index (χ1v) is 7.63. The van der Waals surface area contributed by atoms with Crippen molar-refractivity contribution in [1.29, 1.82) is 0 Å². The van der Waals surface area contributed by atoms with Crippen LogP contribution in [0.15, 0.2) is 18.2 Å². The zero-order valence-electron chi connectivity index (χ0n) is 12.0. The molecule has 20 heavy (non-hydrogen) atoms. The Hall–Kier alpha value is -1.13. The van der Waals surface area contributed by atoms with Crippen LogP contribution in [0.2, 0.25) is 0 Å². The van der Waals surface area contributed by atoms with Crippen molar-refractivity contribution < 1.29 is 9.50 Å². The summed E-state index contributed by atoms with van der Waals surface area (Å²) in [6.07, 6.45) is 5.02. The molecule has 0 spiro atoms. The van der Waals surface area contributed by atoms with E-state index in [2.05, 4.69) is 10.2 Å². The Labute approximate surface area is 119 Å². The molecule has 0 amide bonds. The van der Waals surface area contributed by atoms with E-state index in [4.69, 9.17) is 0 Å². The summed E-state index contributed by atoms with van der Waals surface area (Å²) in [5.41, 5.74) is 0.636. The van der Waals surface area contributed by atoms with E-state index in [1.54, 1.807) is 12.1 Å². The van der Waals surface area contributed by atoms with Crippen LogP contribution >= 0.6 is 0 Å². The highest BCUT2D eigenvalue weighted by Crippen LogP contribution is 2.29. The fourth-order valence-electron chi connectivity index (χ4n) is 3.72. The fourth-order valence-corrected chi connectivity index (χ4v) is 3.72. The summed E-state index contributed by atoms with van der Waals surface area (Å²) in [6.45, 7) is 4.37. The summed E-state index contributed by atoms with van der Waals surface area (Å²) in [7, 11) is 0. The molecular formula is C16H23FN2O. The number of nitrogens with zero attached hydrogens (tertiary/aromatic N) is 1. The molecule has 0 aromatic heterocycles. The summed E-state index contributed by atoms with van der Waals surface area (Å²) in [5, 5.41) is 12.9. The van der Waals surface area contributed by atoms with Gasteiger partial charge in [0.05, 0.1) is 0 Å². The summed E-state index contributed by atoms with van der Waals surface area (Å²) in [5.74, 6) is -0.346. The molecule has 2 saturated heterocycles. The third-order valence-corrected chi connectivity index (χ3v) is 4.77. The van der Waals surface area contributed by atoms with Crippen molar-refractivity contribution in [2.75, 3.05) is 13.1 Å². The standard InChI is InChI=1S/C16H23FN2O/c1-11(13-6-5-12(20)10-14(13)17)18-15-7-9-19-8-3-2-4-16(15)19/h5-6,10-11,15-16,18,20H,2-4,7-9H2,1H3. The van der Waals surface area contributed by atoms with Gasteiger partial charge < -0.3 is 10.4 Å². The molecule has 3 rings (SSSR count). The third kappa shape index (κ3) is 2.67. The van der Waals surface area contributed by atoms with Crippen molar-refractivity contribution in [2.45, 2.75) is 50.7 Å². The van der Waals surface area contributed by atoms with Crippen LogP contribution in [0.3, 0.4) is 0 Å². The number of piperidine rings is 1. The maximum absolute atomic E-state index is 13.9. The fraction of sp³-hybridized carbons (Fsp3) is 0.625. The second-order valence-electron chi connectivity index (χ2n) is 6.09. The molecule has 0 saturated carbocycles. The number of rotatable bonds is 3. The molecule has 0 bridgehead atoms. The molecule has 2 heterocycles. The van der Waals surface area contributed by atoms with Crippen LogP contribution in [-0.4, -0.2) is 35.2 Å². The lowest BCUT2D eigenvalue weighted by atomic mass is 9.97. The van der Waals surface area contributed by atoms with Gasteiger partial charge in [-0.2, -0.15) is 0 Å². The van der Waals surface area contributed by atoms with Crippen molar-refractivity contribution in [3.63, 3.8) is 0 Å². The molecule has 1 aromatic rings. The number of halogens is 1. The van der Waals surface area contributed by atoms with Crippen molar-refractivity contribution in [3.8, 4) is 5.75 Å². The van der Waals surface area contributed by atoms with E-state index < -0.39 is 0 Å². The van der Waals surface area contributed by atoms with Gasteiger partial charge in [-0.15, -0.1) is 0 Å². The number of hydrogen-bond donors (Lipinski definition) is 2. The van der Waals surface area contributed by atoms with E-state index in [0.717, 1.165) is 13.0 Å². The lowest BCUT2D eigenvalue weighted by Gasteiger charge is -2.34. The van der Waals surface area contributed by atoms with Gasteiger partial charge >= 0.3 is 0 Å². The largest absolute Gasteiger partial charge is 0.508 e. The van der Waals surface area contributed by atoms with Gasteiger partial charge in [-0.3, -0.25) is 4.90 Å². The van der Waals surface area contributed by atoms with Gasteiger partial charge in [-0.05, 0) is 38.8 Å². The number of phenolic OH excluding ortho intramolecular Hbond substituents is 1. The molecule has 3 nitrogen and oxygen atoms in total. The molecule has 3 atom stereocenters. The Balaban J connectivity index is 1.68. The quantitative estimate of drug-likeness (QED) is 0.892. The van der Waals surface area contributed by atoms with Gasteiger partial charge in [-0.25, -0.2) is 4.39 Å². The molecule has 1 aromatic carbocycles. The Morgan fingerprint density at radius 3 is 2.95 bits per heavy atom. The molecule has 2 fully saturated rings. The van der Waals surface area contributed by atoms with Crippen LogP contribution in [-0.2, 0) is 0 Å². The van der Waals surface area contributed by atoms with Gasteiger partial charge in [0.1, 0.15) is 11.6 Å². The van der Waals surface area contributed by atoms with Crippen molar-refractivity contribution in [1.82, 2.24) is 10.2 Å². The van der Waals surface area contributed by atoms with Crippen LogP contribution in [0, 0.1) is 5.82 Å². The summed E-state index contributed by atoms with van der Waals surface area (Å²) >= 11 is 0. The Morgan fingerprint density at radius 2 is 2.15 bits per heavy atom. The highest BCUT2D eigenvalue weighted by molar-refractivity contribution is 5.29. The number of aromatic hydroxyl groups is 1. The minimum absolute atomic E-state index is 0.0160. The topological polar surface area (TPSA) is 35.5 Å². The number of fused-ring (bicyclic) bond motifs is 1. The zero-order chi connectivity index (χ0) is 14.1. The molecule has 2 aliphatic rings. The van der Waals surface area contributed by atoms with Crippen LogP contribution in [0.25, 0.3) is 0 Å². The van der Waals surface area contributed by atoms with Crippen LogP contribution < -0.4 is 5.32 Å². The molecule has 2 N–H and O–H groups in total. The van der Waals surface area contributed by atoms with E-state index in [9.17, 15) is 9.50 Å². The normalized spacial score (nSPS) is 28.3. The zero-order valence-corrected chi connectivity index (χ0v) is 12.0. The van der Waals surface area contributed by atoms with Gasteiger partial charge in [0.25, 0.3) is 0 Å². The summed E-state index contributed by atoms with van der Waals surface area (Å²) in [4.78, 5) is 2.57. The predicted octanol–water partition coefficient (Wildman–Crippen LogP) is 2.81. The molecule has 4 heteroatoms. The van der Waals surface area contributed by atoms with E-state index >= 15 is 0 Å². The SMILES string of the molecule is CC(NC1CCN2CCCCC12)c1ccc(O)cc1F. The van der Waals surface area contributed by atoms with Gasteiger partial charge in [0.15, 0.2) is 0 Å². The number of phenols is 1. The summed E-state index contributed by atoms with van der Waals surface area (Å²) in [6, 6.07) is 5.47. The Kier molecular flexibility index (Phi) is 3.94.